The predicted octanol–water partition coefficient (Wildman–Crippen LogP) is 2.92. The molecule has 2 rings (SSSR count). The molecule has 4 heteroatoms. The number of aromatic nitrogens is 1. The molecule has 20 heavy (non-hydrogen) atoms. The molecular weight excluding hydrogens is 252 g/mol. The molecule has 0 aliphatic heterocycles. The van der Waals surface area contributed by atoms with Crippen molar-refractivity contribution in [2.24, 2.45) is 0 Å². The van der Waals surface area contributed by atoms with Crippen molar-refractivity contribution in [3.63, 3.8) is 0 Å². The Labute approximate surface area is 121 Å². The second-order valence-electron chi connectivity index (χ2n) is 5.80. The zero-order valence-electron chi connectivity index (χ0n) is 12.8. The zero-order valence-corrected chi connectivity index (χ0v) is 12.8. The average Bonchev–Trinajstić information content (AvgIpc) is 2.47. The van der Waals surface area contributed by atoms with Gasteiger partial charge in [-0.15, -0.1) is 0 Å². The number of ether oxygens (including phenoxy) is 2. The summed E-state index contributed by atoms with van der Waals surface area (Å²) >= 11 is 0. The molecule has 1 aliphatic carbocycles. The summed E-state index contributed by atoms with van der Waals surface area (Å²) in [7, 11) is 1.78. The number of methoxy groups -OCH3 is 1. The Balaban J connectivity index is 1.83. The number of nitrogens with zero attached hydrogens (tertiary/aromatic N) is 1. The van der Waals surface area contributed by atoms with E-state index in [4.69, 9.17) is 9.47 Å². The van der Waals surface area contributed by atoms with Crippen LogP contribution in [0.4, 0.5) is 0 Å². The van der Waals surface area contributed by atoms with E-state index in [2.05, 4.69) is 30.2 Å². The van der Waals surface area contributed by atoms with Gasteiger partial charge >= 0.3 is 0 Å². The highest BCUT2D eigenvalue weighted by Gasteiger charge is 2.23. The highest BCUT2D eigenvalue weighted by molar-refractivity contribution is 5.18. The molecule has 0 saturated heterocycles. The molecule has 4 nitrogen and oxygen atoms in total. The lowest BCUT2D eigenvalue weighted by Gasteiger charge is -2.28. The normalized spacial score (nSPS) is 23.0. The van der Waals surface area contributed by atoms with Gasteiger partial charge < -0.3 is 14.8 Å². The van der Waals surface area contributed by atoms with Crippen molar-refractivity contribution in [2.75, 3.05) is 7.11 Å². The van der Waals surface area contributed by atoms with Gasteiger partial charge in [0.25, 0.3) is 0 Å². The molecule has 2 atom stereocenters. The molecule has 0 spiro atoms. The topological polar surface area (TPSA) is 43.4 Å². The Morgan fingerprint density at radius 3 is 2.75 bits per heavy atom. The first-order chi connectivity index (χ1) is 9.67. The number of pyridine rings is 1. The maximum absolute atomic E-state index is 5.96. The Morgan fingerprint density at radius 2 is 2.10 bits per heavy atom. The van der Waals surface area contributed by atoms with Gasteiger partial charge in [-0.25, -0.2) is 4.98 Å². The fraction of sp³-hybridized carbons (Fsp3) is 0.688. The Hall–Kier alpha value is -1.13. The van der Waals surface area contributed by atoms with Crippen molar-refractivity contribution in [2.45, 2.75) is 64.3 Å². The molecule has 1 fully saturated rings. The molecule has 112 valence electrons. The molecule has 0 bridgehead atoms. The van der Waals surface area contributed by atoms with E-state index < -0.39 is 0 Å². The largest absolute Gasteiger partial charge is 0.474 e. The van der Waals surface area contributed by atoms with Gasteiger partial charge in [0.2, 0.25) is 5.88 Å². The van der Waals surface area contributed by atoms with Gasteiger partial charge in [-0.05, 0) is 24.8 Å². The van der Waals surface area contributed by atoms with Gasteiger partial charge in [-0.3, -0.25) is 0 Å². The third-order valence-corrected chi connectivity index (χ3v) is 3.71. The van der Waals surface area contributed by atoms with E-state index in [1.807, 2.05) is 12.3 Å². The van der Waals surface area contributed by atoms with Gasteiger partial charge in [0.15, 0.2) is 0 Å². The standard InChI is InChI=1S/C16H26N2O2/c1-12(2)17-10-13-7-8-16(18-11-13)20-15-6-4-5-14(9-15)19-3/h7-8,11-12,14-15,17H,4-6,9-10H2,1-3H3. The number of hydrogen-bond donors (Lipinski definition) is 1. The van der Waals surface area contributed by atoms with Gasteiger partial charge in [-0.2, -0.15) is 0 Å². The third-order valence-electron chi connectivity index (χ3n) is 3.71. The SMILES string of the molecule is COC1CCCC(Oc2ccc(CNC(C)C)cn2)C1. The summed E-state index contributed by atoms with van der Waals surface area (Å²) in [4.78, 5) is 4.40. The molecule has 1 aromatic heterocycles. The number of hydrogen-bond acceptors (Lipinski definition) is 4. The molecule has 1 aliphatic rings. The van der Waals surface area contributed by atoms with Gasteiger partial charge in [0, 0.05) is 38.4 Å². The van der Waals surface area contributed by atoms with E-state index >= 15 is 0 Å². The second kappa shape index (κ2) is 7.60. The predicted molar refractivity (Wildman–Crippen MR) is 79.9 cm³/mol. The highest BCUT2D eigenvalue weighted by Crippen LogP contribution is 2.24. The van der Waals surface area contributed by atoms with Crippen LogP contribution in [0.1, 0.15) is 45.1 Å². The van der Waals surface area contributed by atoms with E-state index in [1.165, 1.54) is 12.0 Å². The fourth-order valence-corrected chi connectivity index (χ4v) is 2.50. The minimum atomic E-state index is 0.237. The minimum absolute atomic E-state index is 0.237. The van der Waals surface area contributed by atoms with Crippen LogP contribution in [0, 0.1) is 0 Å². The van der Waals surface area contributed by atoms with Crippen LogP contribution in [-0.4, -0.2) is 30.3 Å². The number of rotatable bonds is 6. The molecule has 0 amide bonds. The second-order valence-corrected chi connectivity index (χ2v) is 5.80. The lowest BCUT2D eigenvalue weighted by atomic mass is 9.95. The maximum atomic E-state index is 5.96. The van der Waals surface area contributed by atoms with Crippen LogP contribution >= 0.6 is 0 Å². The van der Waals surface area contributed by atoms with E-state index in [1.54, 1.807) is 7.11 Å². The summed E-state index contributed by atoms with van der Waals surface area (Å²) < 4.78 is 11.4. The third kappa shape index (κ3) is 4.76. The van der Waals surface area contributed by atoms with Crippen LogP contribution in [0.15, 0.2) is 18.3 Å². The quantitative estimate of drug-likeness (QED) is 0.869. The molecule has 1 heterocycles. The van der Waals surface area contributed by atoms with Crippen molar-refractivity contribution in [3.05, 3.63) is 23.9 Å². The molecular formula is C16H26N2O2. The van der Waals surface area contributed by atoms with Gasteiger partial charge in [-0.1, -0.05) is 19.9 Å². The molecule has 0 radical (unpaired) electrons. The molecule has 1 N–H and O–H groups in total. The first-order valence-electron chi connectivity index (χ1n) is 7.55. The molecule has 1 aromatic rings. The smallest absolute Gasteiger partial charge is 0.213 e. The summed E-state index contributed by atoms with van der Waals surface area (Å²) in [5, 5.41) is 3.38. The van der Waals surface area contributed by atoms with Crippen LogP contribution in [-0.2, 0) is 11.3 Å². The monoisotopic (exact) mass is 278 g/mol. The minimum Gasteiger partial charge on any atom is -0.474 e. The van der Waals surface area contributed by atoms with E-state index in [-0.39, 0.29) is 6.10 Å². The van der Waals surface area contributed by atoms with E-state index in [0.717, 1.165) is 31.7 Å². The summed E-state index contributed by atoms with van der Waals surface area (Å²) in [5.41, 5.74) is 1.18. The fourth-order valence-electron chi connectivity index (χ4n) is 2.50. The Morgan fingerprint density at radius 1 is 1.30 bits per heavy atom. The lowest BCUT2D eigenvalue weighted by Crippen LogP contribution is -2.29. The van der Waals surface area contributed by atoms with E-state index in [9.17, 15) is 0 Å². The molecule has 1 saturated carbocycles. The van der Waals surface area contributed by atoms with Crippen molar-refractivity contribution >= 4 is 0 Å². The van der Waals surface area contributed by atoms with Crippen LogP contribution < -0.4 is 10.1 Å². The van der Waals surface area contributed by atoms with Crippen LogP contribution in [0.5, 0.6) is 5.88 Å². The lowest BCUT2D eigenvalue weighted by molar-refractivity contribution is 0.0195. The summed E-state index contributed by atoms with van der Waals surface area (Å²) in [5.74, 6) is 0.722. The van der Waals surface area contributed by atoms with Gasteiger partial charge in [0.1, 0.15) is 6.10 Å². The average molecular weight is 278 g/mol. The first-order valence-corrected chi connectivity index (χ1v) is 7.55. The van der Waals surface area contributed by atoms with Crippen molar-refractivity contribution < 1.29 is 9.47 Å². The van der Waals surface area contributed by atoms with Crippen LogP contribution in [0.3, 0.4) is 0 Å². The van der Waals surface area contributed by atoms with Gasteiger partial charge in [0.05, 0.1) is 6.10 Å². The summed E-state index contributed by atoms with van der Waals surface area (Å²) in [6.45, 7) is 5.13. The van der Waals surface area contributed by atoms with Crippen molar-refractivity contribution in [3.8, 4) is 5.88 Å². The van der Waals surface area contributed by atoms with Crippen molar-refractivity contribution in [1.29, 1.82) is 0 Å². The first kappa shape index (κ1) is 15.3. The van der Waals surface area contributed by atoms with Crippen molar-refractivity contribution in [1.82, 2.24) is 10.3 Å². The zero-order chi connectivity index (χ0) is 14.4. The Bertz CT molecular complexity index is 392. The van der Waals surface area contributed by atoms with Crippen LogP contribution in [0.25, 0.3) is 0 Å². The number of nitrogens with one attached hydrogen (secondary N) is 1. The highest BCUT2D eigenvalue weighted by atomic mass is 16.5. The molecule has 2 unspecified atom stereocenters. The van der Waals surface area contributed by atoms with E-state index in [0.29, 0.717) is 12.1 Å². The summed E-state index contributed by atoms with van der Waals surface area (Å²) in [6, 6.07) is 4.53. The molecule has 0 aromatic carbocycles. The Kier molecular flexibility index (Phi) is 5.80. The summed E-state index contributed by atoms with van der Waals surface area (Å²) in [6.07, 6.45) is 6.83. The van der Waals surface area contributed by atoms with Crippen LogP contribution in [0.2, 0.25) is 0 Å². The maximum Gasteiger partial charge on any atom is 0.213 e.